The highest BCUT2D eigenvalue weighted by Crippen LogP contribution is 2.31. The predicted molar refractivity (Wildman–Crippen MR) is 110 cm³/mol. The molecule has 0 saturated carbocycles. The van der Waals surface area contributed by atoms with Gasteiger partial charge in [-0.3, -0.25) is 9.89 Å². The van der Waals surface area contributed by atoms with E-state index in [-0.39, 0.29) is 5.91 Å². The van der Waals surface area contributed by atoms with Gasteiger partial charge in [0.1, 0.15) is 11.4 Å². The summed E-state index contributed by atoms with van der Waals surface area (Å²) in [6.45, 7) is 2.38. The zero-order valence-electron chi connectivity index (χ0n) is 16.8. The van der Waals surface area contributed by atoms with Gasteiger partial charge in [0, 0.05) is 31.7 Å². The molecule has 2 heterocycles. The van der Waals surface area contributed by atoms with E-state index >= 15 is 0 Å². The largest absolute Gasteiger partial charge is 0.495 e. The minimum atomic E-state index is -4.39. The first-order valence-corrected chi connectivity index (χ1v) is 9.77. The van der Waals surface area contributed by atoms with Crippen LogP contribution in [0.3, 0.4) is 0 Å². The fourth-order valence-electron chi connectivity index (χ4n) is 3.62. The molecule has 1 aliphatic rings. The summed E-state index contributed by atoms with van der Waals surface area (Å²) < 4.78 is 43.6. The molecule has 4 rings (SSSR count). The van der Waals surface area contributed by atoms with Gasteiger partial charge in [-0.2, -0.15) is 18.3 Å². The molecule has 1 amide bonds. The lowest BCUT2D eigenvalue weighted by atomic mass is 10.1. The normalized spacial score (nSPS) is 14.6. The zero-order chi connectivity index (χ0) is 22.0. The Morgan fingerprint density at radius 2 is 1.71 bits per heavy atom. The number of piperazine rings is 1. The van der Waals surface area contributed by atoms with Crippen molar-refractivity contribution in [2.75, 3.05) is 38.2 Å². The molecule has 1 saturated heterocycles. The van der Waals surface area contributed by atoms with Crippen molar-refractivity contribution in [2.24, 2.45) is 0 Å². The molecule has 0 bridgehead atoms. The number of halogens is 3. The zero-order valence-corrected chi connectivity index (χ0v) is 16.8. The third kappa shape index (κ3) is 4.35. The highest BCUT2D eigenvalue weighted by atomic mass is 19.4. The molecule has 0 spiro atoms. The lowest BCUT2D eigenvalue weighted by Gasteiger charge is -2.36. The third-order valence-electron chi connectivity index (χ3n) is 5.31. The number of alkyl halides is 3. The van der Waals surface area contributed by atoms with Crippen LogP contribution >= 0.6 is 0 Å². The molecule has 2 aromatic carbocycles. The monoisotopic (exact) mass is 430 g/mol. The number of anilines is 1. The van der Waals surface area contributed by atoms with Crippen LogP contribution in [-0.2, 0) is 6.18 Å². The molecule has 0 aliphatic carbocycles. The standard InChI is InChI=1S/C22H21F3N4O2/c1-31-20-5-3-2-4-19(20)28-10-12-29(13-11-28)21(30)18-14-17(26-27-18)15-6-8-16(9-7-15)22(23,24)25/h2-9,14H,10-13H2,1H3,(H,26,27). The van der Waals surface area contributed by atoms with Crippen molar-refractivity contribution in [1.82, 2.24) is 15.1 Å². The number of rotatable bonds is 4. The maximum atomic E-state index is 12.9. The number of carbonyl (C=O) groups is 1. The molecule has 162 valence electrons. The average molecular weight is 430 g/mol. The van der Waals surface area contributed by atoms with Crippen LogP contribution < -0.4 is 9.64 Å². The molecule has 0 atom stereocenters. The number of hydrogen-bond donors (Lipinski definition) is 1. The maximum absolute atomic E-state index is 12.9. The van der Waals surface area contributed by atoms with Gasteiger partial charge in [0.05, 0.1) is 24.1 Å². The number of aromatic amines is 1. The van der Waals surface area contributed by atoms with Crippen molar-refractivity contribution < 1.29 is 22.7 Å². The summed E-state index contributed by atoms with van der Waals surface area (Å²) in [6, 6.07) is 14.0. The van der Waals surface area contributed by atoms with E-state index in [1.165, 1.54) is 12.1 Å². The minimum Gasteiger partial charge on any atom is -0.495 e. The SMILES string of the molecule is COc1ccccc1N1CCN(C(=O)c2cc(-c3ccc(C(F)(F)F)cc3)n[nH]2)CC1. The summed E-state index contributed by atoms with van der Waals surface area (Å²) in [5, 5.41) is 6.81. The molecule has 9 heteroatoms. The van der Waals surface area contributed by atoms with Crippen LogP contribution in [0.4, 0.5) is 18.9 Å². The van der Waals surface area contributed by atoms with Gasteiger partial charge in [0.25, 0.3) is 5.91 Å². The highest BCUT2D eigenvalue weighted by molar-refractivity contribution is 5.93. The van der Waals surface area contributed by atoms with E-state index < -0.39 is 11.7 Å². The minimum absolute atomic E-state index is 0.190. The molecule has 1 aromatic heterocycles. The van der Waals surface area contributed by atoms with E-state index in [1.54, 1.807) is 18.1 Å². The Labute approximate surface area is 177 Å². The molecule has 0 radical (unpaired) electrons. The first kappa shape index (κ1) is 20.8. The van der Waals surface area contributed by atoms with Crippen LogP contribution in [0, 0.1) is 0 Å². The third-order valence-corrected chi connectivity index (χ3v) is 5.31. The van der Waals surface area contributed by atoms with E-state index in [4.69, 9.17) is 4.74 Å². The van der Waals surface area contributed by atoms with E-state index in [0.717, 1.165) is 23.6 Å². The van der Waals surface area contributed by atoms with Crippen molar-refractivity contribution in [3.63, 3.8) is 0 Å². The molecule has 3 aromatic rings. The summed E-state index contributed by atoms with van der Waals surface area (Å²) in [4.78, 5) is 16.8. The Morgan fingerprint density at radius 3 is 2.35 bits per heavy atom. The molecule has 6 nitrogen and oxygen atoms in total. The average Bonchev–Trinajstić information content (AvgIpc) is 3.28. The fourth-order valence-corrected chi connectivity index (χ4v) is 3.62. The van der Waals surface area contributed by atoms with Gasteiger partial charge in [-0.15, -0.1) is 0 Å². The van der Waals surface area contributed by atoms with Crippen molar-refractivity contribution in [3.8, 4) is 17.0 Å². The molecule has 0 unspecified atom stereocenters. The number of nitrogens with zero attached hydrogens (tertiary/aromatic N) is 3. The number of H-pyrrole nitrogens is 1. The second-order valence-corrected chi connectivity index (χ2v) is 7.19. The number of ether oxygens (including phenoxy) is 1. The Hall–Kier alpha value is -3.49. The second kappa shape index (κ2) is 8.33. The van der Waals surface area contributed by atoms with Crippen molar-refractivity contribution in [1.29, 1.82) is 0 Å². The lowest BCUT2D eigenvalue weighted by molar-refractivity contribution is -0.137. The molecule has 1 aliphatic heterocycles. The smallest absolute Gasteiger partial charge is 0.416 e. The van der Waals surface area contributed by atoms with Crippen LogP contribution in [0.15, 0.2) is 54.6 Å². The van der Waals surface area contributed by atoms with Crippen LogP contribution in [0.1, 0.15) is 16.1 Å². The maximum Gasteiger partial charge on any atom is 0.416 e. The highest BCUT2D eigenvalue weighted by Gasteiger charge is 2.30. The van der Waals surface area contributed by atoms with E-state index in [2.05, 4.69) is 15.1 Å². The van der Waals surface area contributed by atoms with Gasteiger partial charge < -0.3 is 14.5 Å². The van der Waals surface area contributed by atoms with Crippen LogP contribution in [0.2, 0.25) is 0 Å². The number of benzene rings is 2. The number of para-hydroxylation sites is 2. The Kier molecular flexibility index (Phi) is 5.58. The van der Waals surface area contributed by atoms with Gasteiger partial charge >= 0.3 is 6.18 Å². The van der Waals surface area contributed by atoms with Crippen molar-refractivity contribution >= 4 is 11.6 Å². The lowest BCUT2D eigenvalue weighted by Crippen LogP contribution is -2.49. The number of hydrogen-bond acceptors (Lipinski definition) is 4. The predicted octanol–water partition coefficient (Wildman–Crippen LogP) is 4.07. The number of carbonyl (C=O) groups excluding carboxylic acids is 1. The first-order chi connectivity index (χ1) is 14.9. The van der Waals surface area contributed by atoms with Crippen LogP contribution in [-0.4, -0.2) is 54.3 Å². The second-order valence-electron chi connectivity index (χ2n) is 7.19. The summed E-state index contributed by atoms with van der Waals surface area (Å²) in [7, 11) is 1.63. The summed E-state index contributed by atoms with van der Waals surface area (Å²) in [5.41, 5.74) is 1.49. The molecule has 1 N–H and O–H groups in total. The number of methoxy groups -OCH3 is 1. The number of aromatic nitrogens is 2. The molecule has 1 fully saturated rings. The van der Waals surface area contributed by atoms with E-state index in [0.29, 0.717) is 43.1 Å². The number of amides is 1. The molecule has 31 heavy (non-hydrogen) atoms. The Morgan fingerprint density at radius 1 is 1.03 bits per heavy atom. The Bertz CT molecular complexity index is 1060. The quantitative estimate of drug-likeness (QED) is 0.678. The topological polar surface area (TPSA) is 61.5 Å². The summed E-state index contributed by atoms with van der Waals surface area (Å²) in [5.74, 6) is 0.599. The summed E-state index contributed by atoms with van der Waals surface area (Å²) >= 11 is 0. The van der Waals surface area contributed by atoms with Crippen LogP contribution in [0.25, 0.3) is 11.3 Å². The van der Waals surface area contributed by atoms with Gasteiger partial charge in [-0.1, -0.05) is 24.3 Å². The van der Waals surface area contributed by atoms with E-state index in [1.807, 2.05) is 24.3 Å². The van der Waals surface area contributed by atoms with Crippen molar-refractivity contribution in [2.45, 2.75) is 6.18 Å². The van der Waals surface area contributed by atoms with Gasteiger partial charge in [0.15, 0.2) is 0 Å². The number of nitrogens with one attached hydrogen (secondary N) is 1. The van der Waals surface area contributed by atoms with Crippen molar-refractivity contribution in [3.05, 3.63) is 65.9 Å². The fraction of sp³-hybridized carbons (Fsp3) is 0.273. The van der Waals surface area contributed by atoms with Crippen LogP contribution in [0.5, 0.6) is 5.75 Å². The molecular formula is C22H21F3N4O2. The van der Waals surface area contributed by atoms with E-state index in [9.17, 15) is 18.0 Å². The Balaban J connectivity index is 1.42. The van der Waals surface area contributed by atoms with Gasteiger partial charge in [0.2, 0.25) is 0 Å². The van der Waals surface area contributed by atoms with Gasteiger partial charge in [-0.05, 0) is 30.3 Å². The summed E-state index contributed by atoms with van der Waals surface area (Å²) in [6.07, 6.45) is -4.39. The first-order valence-electron chi connectivity index (χ1n) is 9.77. The molecular weight excluding hydrogens is 409 g/mol. The van der Waals surface area contributed by atoms with Gasteiger partial charge in [-0.25, -0.2) is 0 Å².